The van der Waals surface area contributed by atoms with Gasteiger partial charge in [-0.3, -0.25) is 0 Å². The molecule has 0 aromatic heterocycles. The molecular formula is C12H12N4. The molecule has 0 bridgehead atoms. The second-order valence-corrected chi connectivity index (χ2v) is 3.38. The Hall–Kier alpha value is -2.36. The number of hydrogen-bond donors (Lipinski definition) is 3. The molecule has 0 spiro atoms. The Bertz CT molecular complexity index is 494. The second kappa shape index (κ2) is 4.44. The molecule has 0 unspecified atom stereocenters. The van der Waals surface area contributed by atoms with Crippen molar-refractivity contribution in [3.63, 3.8) is 0 Å². The Morgan fingerprint density at radius 1 is 1.06 bits per heavy atom. The van der Waals surface area contributed by atoms with E-state index in [1.807, 2.05) is 30.3 Å². The van der Waals surface area contributed by atoms with Crippen LogP contribution in [0.1, 0.15) is 0 Å². The van der Waals surface area contributed by atoms with Crippen LogP contribution in [0, 0.1) is 5.53 Å². The first-order chi connectivity index (χ1) is 7.79. The minimum atomic E-state index is 0.568. The SMILES string of the molecule is N=Nc1ccc(N)cc1Nc1ccccc1. The fraction of sp³-hybridized carbons (Fsp3) is 0. The van der Waals surface area contributed by atoms with E-state index in [0.717, 1.165) is 11.4 Å². The molecule has 0 fully saturated rings. The minimum Gasteiger partial charge on any atom is -0.399 e. The van der Waals surface area contributed by atoms with Crippen molar-refractivity contribution < 1.29 is 0 Å². The third kappa shape index (κ3) is 2.17. The highest BCUT2D eigenvalue weighted by atomic mass is 15.0. The molecule has 0 saturated carbocycles. The Morgan fingerprint density at radius 3 is 2.50 bits per heavy atom. The molecule has 4 N–H and O–H groups in total. The van der Waals surface area contributed by atoms with Crippen LogP contribution in [0.2, 0.25) is 0 Å². The molecule has 80 valence electrons. The van der Waals surface area contributed by atoms with Gasteiger partial charge in [-0.1, -0.05) is 18.2 Å². The number of nitrogens with two attached hydrogens (primary N) is 1. The maximum Gasteiger partial charge on any atom is 0.109 e. The van der Waals surface area contributed by atoms with Gasteiger partial charge in [0.1, 0.15) is 5.69 Å². The maximum absolute atomic E-state index is 7.07. The van der Waals surface area contributed by atoms with Gasteiger partial charge < -0.3 is 11.1 Å². The van der Waals surface area contributed by atoms with Crippen molar-refractivity contribution >= 4 is 22.7 Å². The lowest BCUT2D eigenvalue weighted by Crippen LogP contribution is -1.92. The van der Waals surface area contributed by atoms with Gasteiger partial charge in [-0.2, -0.15) is 5.11 Å². The van der Waals surface area contributed by atoms with Gasteiger partial charge in [0.25, 0.3) is 0 Å². The summed E-state index contributed by atoms with van der Waals surface area (Å²) in [5, 5.41) is 6.61. The number of rotatable bonds is 3. The highest BCUT2D eigenvalue weighted by molar-refractivity contribution is 5.75. The van der Waals surface area contributed by atoms with Crippen LogP contribution in [0.3, 0.4) is 0 Å². The summed E-state index contributed by atoms with van der Waals surface area (Å²) in [6.07, 6.45) is 0. The smallest absolute Gasteiger partial charge is 0.109 e. The largest absolute Gasteiger partial charge is 0.399 e. The number of nitrogens with one attached hydrogen (secondary N) is 2. The fourth-order valence-electron chi connectivity index (χ4n) is 1.43. The van der Waals surface area contributed by atoms with E-state index < -0.39 is 0 Å². The van der Waals surface area contributed by atoms with E-state index in [-0.39, 0.29) is 0 Å². The molecule has 0 heterocycles. The number of nitrogen functional groups attached to an aromatic ring is 1. The van der Waals surface area contributed by atoms with Crippen LogP contribution in [-0.4, -0.2) is 0 Å². The lowest BCUT2D eigenvalue weighted by Gasteiger charge is -2.09. The van der Waals surface area contributed by atoms with Crippen molar-refractivity contribution in [2.75, 3.05) is 11.1 Å². The average molecular weight is 212 g/mol. The molecule has 4 heteroatoms. The van der Waals surface area contributed by atoms with Crippen molar-refractivity contribution in [3.05, 3.63) is 48.5 Å². The van der Waals surface area contributed by atoms with E-state index in [1.54, 1.807) is 18.2 Å². The van der Waals surface area contributed by atoms with Gasteiger partial charge in [-0.15, -0.1) is 0 Å². The molecule has 2 aromatic rings. The van der Waals surface area contributed by atoms with Crippen molar-refractivity contribution in [1.82, 2.24) is 0 Å². The summed E-state index contributed by atoms with van der Waals surface area (Å²) in [5.74, 6) is 0. The van der Waals surface area contributed by atoms with Gasteiger partial charge in [0, 0.05) is 11.4 Å². The quantitative estimate of drug-likeness (QED) is 0.536. The molecule has 2 aromatic carbocycles. The zero-order valence-electron chi connectivity index (χ0n) is 8.64. The van der Waals surface area contributed by atoms with Crippen molar-refractivity contribution in [2.24, 2.45) is 5.11 Å². The van der Waals surface area contributed by atoms with Crippen LogP contribution in [0.4, 0.5) is 22.7 Å². The van der Waals surface area contributed by atoms with E-state index in [4.69, 9.17) is 11.3 Å². The maximum atomic E-state index is 7.07. The molecule has 0 atom stereocenters. The summed E-state index contributed by atoms with van der Waals surface area (Å²) < 4.78 is 0. The third-order valence-electron chi connectivity index (χ3n) is 2.19. The van der Waals surface area contributed by atoms with E-state index >= 15 is 0 Å². The van der Waals surface area contributed by atoms with Gasteiger partial charge in [-0.25, -0.2) is 5.53 Å². The molecule has 0 aliphatic heterocycles. The highest BCUT2D eigenvalue weighted by Crippen LogP contribution is 2.29. The predicted octanol–water partition coefficient (Wildman–Crippen LogP) is 3.67. The number of hydrogen-bond acceptors (Lipinski definition) is 4. The Kier molecular flexibility index (Phi) is 2.82. The van der Waals surface area contributed by atoms with Crippen LogP contribution >= 0.6 is 0 Å². The average Bonchev–Trinajstić information content (AvgIpc) is 2.31. The monoisotopic (exact) mass is 212 g/mol. The first-order valence-electron chi connectivity index (χ1n) is 4.88. The molecule has 0 amide bonds. The lowest BCUT2D eigenvalue weighted by atomic mass is 10.2. The van der Waals surface area contributed by atoms with Crippen molar-refractivity contribution in [1.29, 1.82) is 5.53 Å². The molecule has 2 rings (SSSR count). The van der Waals surface area contributed by atoms with Crippen LogP contribution < -0.4 is 11.1 Å². The summed E-state index contributed by atoms with van der Waals surface area (Å²) in [4.78, 5) is 0. The summed E-state index contributed by atoms with van der Waals surface area (Å²) in [6, 6.07) is 14.9. The van der Waals surface area contributed by atoms with Crippen LogP contribution in [0.5, 0.6) is 0 Å². The van der Waals surface area contributed by atoms with Crippen molar-refractivity contribution in [2.45, 2.75) is 0 Å². The van der Waals surface area contributed by atoms with E-state index in [9.17, 15) is 0 Å². The summed E-state index contributed by atoms with van der Waals surface area (Å²) in [6.45, 7) is 0. The van der Waals surface area contributed by atoms with Gasteiger partial charge >= 0.3 is 0 Å². The number of benzene rings is 2. The van der Waals surface area contributed by atoms with E-state index in [1.165, 1.54) is 0 Å². The zero-order chi connectivity index (χ0) is 11.4. The minimum absolute atomic E-state index is 0.568. The molecular weight excluding hydrogens is 200 g/mol. The van der Waals surface area contributed by atoms with Crippen LogP contribution in [0.15, 0.2) is 53.6 Å². The Labute approximate surface area is 93.6 Å². The highest BCUT2D eigenvalue weighted by Gasteiger charge is 2.02. The van der Waals surface area contributed by atoms with Gasteiger partial charge in [0.15, 0.2) is 0 Å². The van der Waals surface area contributed by atoms with Gasteiger partial charge in [0.2, 0.25) is 0 Å². The van der Waals surface area contributed by atoms with Crippen LogP contribution in [-0.2, 0) is 0 Å². The molecule has 0 aliphatic carbocycles. The van der Waals surface area contributed by atoms with Crippen LogP contribution in [0.25, 0.3) is 0 Å². The van der Waals surface area contributed by atoms with E-state index in [0.29, 0.717) is 11.4 Å². The van der Waals surface area contributed by atoms with E-state index in [2.05, 4.69) is 10.4 Å². The zero-order valence-corrected chi connectivity index (χ0v) is 8.64. The molecule has 0 radical (unpaired) electrons. The molecule has 4 nitrogen and oxygen atoms in total. The predicted molar refractivity (Wildman–Crippen MR) is 65.4 cm³/mol. The standard InChI is InChI=1S/C12H12N4/c13-9-6-7-11(16-14)12(8-9)15-10-4-2-1-3-5-10/h1-8,14-15H,13H2. The Balaban J connectivity index is 2.33. The lowest BCUT2D eigenvalue weighted by molar-refractivity contribution is 1.15. The summed E-state index contributed by atoms with van der Waals surface area (Å²) >= 11 is 0. The normalized spacial score (nSPS) is 9.75. The molecule has 0 saturated heterocycles. The molecule has 0 aliphatic rings. The first-order valence-corrected chi connectivity index (χ1v) is 4.88. The third-order valence-corrected chi connectivity index (χ3v) is 2.19. The molecule has 16 heavy (non-hydrogen) atoms. The first kappa shape index (κ1) is 10.2. The summed E-state index contributed by atoms with van der Waals surface area (Å²) in [5.41, 5.74) is 15.6. The van der Waals surface area contributed by atoms with Crippen molar-refractivity contribution in [3.8, 4) is 0 Å². The topological polar surface area (TPSA) is 74.3 Å². The number of para-hydroxylation sites is 1. The number of anilines is 3. The fourth-order valence-corrected chi connectivity index (χ4v) is 1.43. The second-order valence-electron chi connectivity index (χ2n) is 3.38. The summed E-state index contributed by atoms with van der Waals surface area (Å²) in [7, 11) is 0. The van der Waals surface area contributed by atoms with Gasteiger partial charge in [-0.05, 0) is 30.3 Å². The number of nitrogens with zero attached hydrogens (tertiary/aromatic N) is 1. The van der Waals surface area contributed by atoms with Gasteiger partial charge in [0.05, 0.1) is 5.69 Å². The Morgan fingerprint density at radius 2 is 1.81 bits per heavy atom.